The molecular weight excluding hydrogens is 184 g/mol. The van der Waals surface area contributed by atoms with Gasteiger partial charge >= 0.3 is 0 Å². The van der Waals surface area contributed by atoms with E-state index in [0.29, 0.717) is 11.5 Å². The van der Waals surface area contributed by atoms with Crippen molar-refractivity contribution in [3.8, 4) is 0 Å². The van der Waals surface area contributed by atoms with Crippen molar-refractivity contribution in [1.29, 1.82) is 0 Å². The highest BCUT2D eigenvalue weighted by atomic mass is 15.2. The van der Waals surface area contributed by atoms with Gasteiger partial charge in [0.15, 0.2) is 0 Å². The first kappa shape index (κ1) is 13.0. The van der Waals surface area contributed by atoms with Crippen molar-refractivity contribution in [2.75, 3.05) is 20.1 Å². The molecule has 1 heterocycles. The predicted molar refractivity (Wildman–Crippen MR) is 67.1 cm³/mol. The van der Waals surface area contributed by atoms with Gasteiger partial charge in [0.1, 0.15) is 0 Å². The van der Waals surface area contributed by atoms with E-state index in [2.05, 4.69) is 51.9 Å². The van der Waals surface area contributed by atoms with E-state index in [4.69, 9.17) is 0 Å². The maximum Gasteiger partial charge on any atom is 0.00991 e. The quantitative estimate of drug-likeness (QED) is 0.769. The Labute approximate surface area is 95.4 Å². The lowest BCUT2D eigenvalue weighted by Crippen LogP contribution is -2.46. The first-order chi connectivity index (χ1) is 6.86. The van der Waals surface area contributed by atoms with E-state index in [1.165, 1.54) is 19.5 Å². The van der Waals surface area contributed by atoms with Crippen LogP contribution in [0.15, 0.2) is 0 Å². The van der Waals surface area contributed by atoms with Gasteiger partial charge in [-0.1, -0.05) is 20.8 Å². The molecule has 0 spiro atoms. The molecule has 1 saturated heterocycles. The van der Waals surface area contributed by atoms with Gasteiger partial charge in [-0.15, -0.1) is 0 Å². The largest absolute Gasteiger partial charge is 0.317 e. The van der Waals surface area contributed by atoms with Crippen LogP contribution in [0.4, 0.5) is 0 Å². The third-order valence-electron chi connectivity index (χ3n) is 4.13. The number of rotatable bonds is 4. The minimum atomic E-state index is 0.354. The molecular formula is C13H28N2. The fourth-order valence-electron chi connectivity index (χ4n) is 2.66. The summed E-state index contributed by atoms with van der Waals surface area (Å²) >= 11 is 0. The first-order valence-corrected chi connectivity index (χ1v) is 6.28. The fraction of sp³-hybridized carbons (Fsp3) is 1.00. The molecule has 3 unspecified atom stereocenters. The van der Waals surface area contributed by atoms with E-state index >= 15 is 0 Å². The molecule has 0 bridgehead atoms. The summed E-state index contributed by atoms with van der Waals surface area (Å²) in [5.74, 6) is 0.876. The van der Waals surface area contributed by atoms with Crippen molar-refractivity contribution in [3.63, 3.8) is 0 Å². The summed E-state index contributed by atoms with van der Waals surface area (Å²) in [7, 11) is 2.06. The van der Waals surface area contributed by atoms with Crippen LogP contribution < -0.4 is 5.32 Å². The molecule has 0 aromatic carbocycles. The number of nitrogens with one attached hydrogen (secondary N) is 1. The number of hydrogen-bond donors (Lipinski definition) is 1. The van der Waals surface area contributed by atoms with Crippen LogP contribution >= 0.6 is 0 Å². The van der Waals surface area contributed by atoms with E-state index < -0.39 is 0 Å². The van der Waals surface area contributed by atoms with Crippen molar-refractivity contribution in [2.45, 2.75) is 53.1 Å². The predicted octanol–water partition coefficient (Wildman–Crippen LogP) is 2.35. The number of hydrogen-bond acceptors (Lipinski definition) is 2. The van der Waals surface area contributed by atoms with Crippen LogP contribution in [0.5, 0.6) is 0 Å². The third kappa shape index (κ3) is 3.18. The zero-order valence-electron chi connectivity index (χ0n) is 11.3. The molecule has 3 atom stereocenters. The lowest BCUT2D eigenvalue weighted by molar-refractivity contribution is 0.140. The Morgan fingerprint density at radius 2 is 2.00 bits per heavy atom. The Balaban J connectivity index is 2.53. The Morgan fingerprint density at radius 1 is 1.40 bits per heavy atom. The van der Waals surface area contributed by atoms with Gasteiger partial charge in [0.2, 0.25) is 0 Å². The minimum absolute atomic E-state index is 0.354. The molecule has 0 radical (unpaired) electrons. The Morgan fingerprint density at radius 3 is 2.40 bits per heavy atom. The SMILES string of the molecule is CNC(C)C(C)(C)CN1CC(C)CC1C. The van der Waals surface area contributed by atoms with Crippen LogP contribution in [0.25, 0.3) is 0 Å². The zero-order valence-corrected chi connectivity index (χ0v) is 11.3. The molecule has 0 aliphatic carbocycles. The molecule has 0 aromatic heterocycles. The lowest BCUT2D eigenvalue weighted by Gasteiger charge is -2.37. The fourth-order valence-corrected chi connectivity index (χ4v) is 2.66. The Kier molecular flexibility index (Phi) is 4.19. The van der Waals surface area contributed by atoms with E-state index in [9.17, 15) is 0 Å². The van der Waals surface area contributed by atoms with Gasteiger partial charge in [-0.05, 0) is 38.6 Å². The van der Waals surface area contributed by atoms with Gasteiger partial charge in [0.25, 0.3) is 0 Å². The molecule has 1 aliphatic heterocycles. The second kappa shape index (κ2) is 4.84. The van der Waals surface area contributed by atoms with E-state index in [-0.39, 0.29) is 0 Å². The van der Waals surface area contributed by atoms with E-state index in [1.807, 2.05) is 0 Å². The lowest BCUT2D eigenvalue weighted by atomic mass is 9.84. The molecule has 1 rings (SSSR count). The average Bonchev–Trinajstić information content (AvgIpc) is 2.43. The van der Waals surface area contributed by atoms with Crippen molar-refractivity contribution in [3.05, 3.63) is 0 Å². The third-order valence-corrected chi connectivity index (χ3v) is 4.13. The van der Waals surface area contributed by atoms with Gasteiger partial charge in [-0.2, -0.15) is 0 Å². The van der Waals surface area contributed by atoms with Crippen LogP contribution in [0.2, 0.25) is 0 Å². The van der Waals surface area contributed by atoms with E-state index in [0.717, 1.165) is 12.0 Å². The second-order valence-electron chi connectivity index (χ2n) is 6.12. The van der Waals surface area contributed by atoms with Crippen molar-refractivity contribution >= 4 is 0 Å². The van der Waals surface area contributed by atoms with Gasteiger partial charge in [0, 0.05) is 25.2 Å². The van der Waals surface area contributed by atoms with Crippen molar-refractivity contribution in [2.24, 2.45) is 11.3 Å². The molecule has 0 saturated carbocycles. The molecule has 0 aromatic rings. The summed E-state index contributed by atoms with van der Waals surface area (Å²) in [6.07, 6.45) is 1.37. The van der Waals surface area contributed by atoms with Gasteiger partial charge in [-0.3, -0.25) is 4.90 Å². The standard InChI is InChI=1S/C13H28N2/c1-10-7-11(2)15(8-10)9-13(4,5)12(3)14-6/h10-12,14H,7-9H2,1-6H3. The number of likely N-dealkylation sites (tertiary alicyclic amines) is 1. The van der Waals surface area contributed by atoms with Crippen LogP contribution in [-0.2, 0) is 0 Å². The summed E-state index contributed by atoms with van der Waals surface area (Å²) in [6, 6.07) is 1.34. The smallest absolute Gasteiger partial charge is 0.00991 e. The molecule has 1 aliphatic rings. The number of nitrogens with zero attached hydrogens (tertiary/aromatic N) is 1. The van der Waals surface area contributed by atoms with Gasteiger partial charge < -0.3 is 5.32 Å². The van der Waals surface area contributed by atoms with Crippen molar-refractivity contribution < 1.29 is 0 Å². The van der Waals surface area contributed by atoms with Gasteiger partial charge in [-0.25, -0.2) is 0 Å². The molecule has 0 amide bonds. The Bertz CT molecular complexity index is 201. The summed E-state index contributed by atoms with van der Waals surface area (Å²) in [4.78, 5) is 2.65. The molecule has 2 heteroatoms. The molecule has 1 N–H and O–H groups in total. The molecule has 1 fully saturated rings. The highest BCUT2D eigenvalue weighted by Gasteiger charge is 2.33. The highest BCUT2D eigenvalue weighted by molar-refractivity contribution is 4.88. The summed E-state index contributed by atoms with van der Waals surface area (Å²) < 4.78 is 0. The van der Waals surface area contributed by atoms with Crippen LogP contribution in [-0.4, -0.2) is 37.1 Å². The van der Waals surface area contributed by atoms with E-state index in [1.54, 1.807) is 0 Å². The normalized spacial score (nSPS) is 30.8. The van der Waals surface area contributed by atoms with Crippen LogP contribution in [0.3, 0.4) is 0 Å². The van der Waals surface area contributed by atoms with Crippen LogP contribution in [0.1, 0.15) is 41.0 Å². The summed E-state index contributed by atoms with van der Waals surface area (Å²) in [5, 5.41) is 3.38. The minimum Gasteiger partial charge on any atom is -0.317 e. The highest BCUT2D eigenvalue weighted by Crippen LogP contribution is 2.29. The average molecular weight is 212 g/mol. The molecule has 2 nitrogen and oxygen atoms in total. The second-order valence-corrected chi connectivity index (χ2v) is 6.12. The van der Waals surface area contributed by atoms with Crippen LogP contribution in [0, 0.1) is 11.3 Å². The first-order valence-electron chi connectivity index (χ1n) is 6.28. The zero-order chi connectivity index (χ0) is 11.6. The van der Waals surface area contributed by atoms with Crippen molar-refractivity contribution in [1.82, 2.24) is 10.2 Å². The summed E-state index contributed by atoms with van der Waals surface area (Å²) in [6.45, 7) is 14.2. The topological polar surface area (TPSA) is 15.3 Å². The molecule has 15 heavy (non-hydrogen) atoms. The monoisotopic (exact) mass is 212 g/mol. The van der Waals surface area contributed by atoms with Gasteiger partial charge in [0.05, 0.1) is 0 Å². The Hall–Kier alpha value is -0.0800. The molecule has 90 valence electrons. The maximum atomic E-state index is 3.38. The summed E-state index contributed by atoms with van der Waals surface area (Å²) in [5.41, 5.74) is 0.354. The maximum absolute atomic E-state index is 3.38.